The molecule has 0 radical (unpaired) electrons. The Morgan fingerprint density at radius 1 is 1.67 bits per heavy atom. The fourth-order valence-corrected chi connectivity index (χ4v) is 1.73. The molecule has 1 fully saturated rings. The van der Waals surface area contributed by atoms with Crippen molar-refractivity contribution in [2.24, 2.45) is 0 Å². The number of carboxylic acid groups (broad SMARTS) is 1. The van der Waals surface area contributed by atoms with Gasteiger partial charge in [0, 0.05) is 0 Å². The second kappa shape index (κ2) is 3.04. The molecule has 0 saturated heterocycles. The van der Waals surface area contributed by atoms with E-state index in [9.17, 15) is 14.9 Å². The first-order valence-corrected chi connectivity index (χ1v) is 4.48. The summed E-state index contributed by atoms with van der Waals surface area (Å²) in [5.74, 6) is -1.27. The lowest BCUT2D eigenvalue weighted by molar-refractivity contribution is -0.389. The Labute approximate surface area is 84.5 Å². The largest absolute Gasteiger partial charge is 0.479 e. The molecule has 0 aromatic carbocycles. The zero-order chi connectivity index (χ0) is 11.1. The minimum absolute atomic E-state index is 0.317. The summed E-state index contributed by atoms with van der Waals surface area (Å²) in [4.78, 5) is 24.4. The monoisotopic (exact) mass is 211 g/mol. The van der Waals surface area contributed by atoms with E-state index in [4.69, 9.17) is 5.11 Å². The van der Waals surface area contributed by atoms with Gasteiger partial charge in [-0.25, -0.2) is 4.79 Å². The number of nitrogens with zero attached hydrogens (tertiary/aromatic N) is 3. The number of hydrogen-bond acceptors (Lipinski definition) is 4. The van der Waals surface area contributed by atoms with Crippen LogP contribution in [0.5, 0.6) is 0 Å². The van der Waals surface area contributed by atoms with Crippen LogP contribution in [0.3, 0.4) is 0 Å². The lowest BCUT2D eigenvalue weighted by atomic mass is 9.76. The number of hydrogen-bond donors (Lipinski definition) is 1. The molecule has 7 nitrogen and oxygen atoms in total. The van der Waals surface area contributed by atoms with E-state index in [0.717, 1.165) is 6.42 Å². The van der Waals surface area contributed by atoms with E-state index in [2.05, 4.69) is 4.98 Å². The minimum Gasteiger partial charge on any atom is -0.479 e. The van der Waals surface area contributed by atoms with Gasteiger partial charge in [0.15, 0.2) is 0 Å². The van der Waals surface area contributed by atoms with E-state index in [1.165, 1.54) is 17.1 Å². The van der Waals surface area contributed by atoms with Crippen molar-refractivity contribution < 1.29 is 14.8 Å². The van der Waals surface area contributed by atoms with Gasteiger partial charge in [0.25, 0.3) is 0 Å². The van der Waals surface area contributed by atoms with Crippen molar-refractivity contribution in [1.82, 2.24) is 9.55 Å². The highest BCUT2D eigenvalue weighted by molar-refractivity contribution is 5.78. The molecule has 1 aliphatic carbocycles. The quantitative estimate of drug-likeness (QED) is 0.587. The SMILES string of the molecule is O=C(O)C1(n2cnc([N+](=O)[O-])c2)CCC1. The first kappa shape index (κ1) is 9.63. The molecule has 0 amide bonds. The number of rotatable bonds is 3. The van der Waals surface area contributed by atoms with Gasteiger partial charge in [-0.2, -0.15) is 0 Å². The molecule has 1 N–H and O–H groups in total. The maximum atomic E-state index is 11.1. The van der Waals surface area contributed by atoms with Crippen molar-refractivity contribution in [2.45, 2.75) is 24.8 Å². The molecule has 1 aromatic rings. The summed E-state index contributed by atoms with van der Waals surface area (Å²) >= 11 is 0. The normalized spacial score (nSPS) is 18.1. The highest BCUT2D eigenvalue weighted by atomic mass is 16.6. The second-order valence-electron chi connectivity index (χ2n) is 3.59. The van der Waals surface area contributed by atoms with Crippen molar-refractivity contribution in [3.05, 3.63) is 22.6 Å². The highest BCUT2D eigenvalue weighted by Gasteiger charge is 2.47. The first-order chi connectivity index (χ1) is 7.06. The highest BCUT2D eigenvalue weighted by Crippen LogP contribution is 2.39. The molecule has 1 aliphatic rings. The molecule has 7 heteroatoms. The van der Waals surface area contributed by atoms with Crippen LogP contribution in [0.4, 0.5) is 5.82 Å². The van der Waals surface area contributed by atoms with Gasteiger partial charge in [0.1, 0.15) is 11.7 Å². The van der Waals surface area contributed by atoms with Gasteiger partial charge in [0.2, 0.25) is 6.33 Å². The van der Waals surface area contributed by atoms with E-state index in [1.54, 1.807) is 0 Å². The van der Waals surface area contributed by atoms with Crippen LogP contribution < -0.4 is 0 Å². The summed E-state index contributed by atoms with van der Waals surface area (Å²) in [5.41, 5.74) is -1.01. The van der Waals surface area contributed by atoms with Crippen LogP contribution in [0.25, 0.3) is 0 Å². The summed E-state index contributed by atoms with van der Waals surface area (Å²) in [5, 5.41) is 19.5. The van der Waals surface area contributed by atoms with Crippen LogP contribution >= 0.6 is 0 Å². The zero-order valence-electron chi connectivity index (χ0n) is 7.79. The number of aliphatic carboxylic acids is 1. The predicted octanol–water partition coefficient (Wildman–Crippen LogP) is 0.755. The third-order valence-corrected chi connectivity index (χ3v) is 2.83. The molecule has 2 rings (SSSR count). The molecule has 0 unspecified atom stereocenters. The molecular weight excluding hydrogens is 202 g/mol. The number of imidazole rings is 1. The van der Waals surface area contributed by atoms with Gasteiger partial charge < -0.3 is 15.2 Å². The van der Waals surface area contributed by atoms with Crippen LogP contribution in [0.15, 0.2) is 12.5 Å². The molecule has 1 aromatic heterocycles. The van der Waals surface area contributed by atoms with Crippen molar-refractivity contribution in [2.75, 3.05) is 0 Å². The van der Waals surface area contributed by atoms with Crippen LogP contribution in [0.2, 0.25) is 0 Å². The van der Waals surface area contributed by atoms with Gasteiger partial charge in [-0.15, -0.1) is 0 Å². The van der Waals surface area contributed by atoms with E-state index in [1.807, 2.05) is 0 Å². The Hall–Kier alpha value is -1.92. The lowest BCUT2D eigenvalue weighted by Crippen LogP contribution is -2.47. The number of nitro groups is 1. The van der Waals surface area contributed by atoms with E-state index < -0.39 is 16.4 Å². The molecule has 0 atom stereocenters. The van der Waals surface area contributed by atoms with Crippen LogP contribution in [-0.4, -0.2) is 25.6 Å². The van der Waals surface area contributed by atoms with Crippen LogP contribution in [0, 0.1) is 10.1 Å². The molecule has 1 saturated carbocycles. The topological polar surface area (TPSA) is 98.3 Å². The molecule has 1 heterocycles. The Bertz CT molecular complexity index is 421. The third-order valence-electron chi connectivity index (χ3n) is 2.83. The Morgan fingerprint density at radius 2 is 2.33 bits per heavy atom. The fourth-order valence-electron chi connectivity index (χ4n) is 1.73. The molecule has 0 aliphatic heterocycles. The van der Waals surface area contributed by atoms with Crippen LogP contribution in [0.1, 0.15) is 19.3 Å². The average molecular weight is 211 g/mol. The van der Waals surface area contributed by atoms with Gasteiger partial charge >= 0.3 is 11.8 Å². The van der Waals surface area contributed by atoms with E-state index in [-0.39, 0.29) is 5.82 Å². The number of aromatic nitrogens is 2. The average Bonchev–Trinajstić information content (AvgIpc) is 2.50. The molecule has 0 spiro atoms. The molecule has 80 valence electrons. The standard InChI is InChI=1S/C8H9N3O4/c12-7(13)8(2-1-3-8)10-4-6(9-5-10)11(14)15/h4-5H,1-3H2,(H,12,13). The Morgan fingerprint density at radius 3 is 2.67 bits per heavy atom. The first-order valence-electron chi connectivity index (χ1n) is 4.48. The van der Waals surface area contributed by atoms with Crippen molar-refractivity contribution in [3.63, 3.8) is 0 Å². The molecular formula is C8H9N3O4. The van der Waals surface area contributed by atoms with E-state index >= 15 is 0 Å². The van der Waals surface area contributed by atoms with Crippen molar-refractivity contribution >= 4 is 11.8 Å². The predicted molar refractivity (Wildman–Crippen MR) is 48.3 cm³/mol. The van der Waals surface area contributed by atoms with Gasteiger partial charge in [-0.1, -0.05) is 0 Å². The fraction of sp³-hybridized carbons (Fsp3) is 0.500. The summed E-state index contributed by atoms with van der Waals surface area (Å²) in [6, 6.07) is 0. The van der Waals surface area contributed by atoms with Gasteiger partial charge in [0.05, 0.1) is 0 Å². The Balaban J connectivity index is 2.36. The van der Waals surface area contributed by atoms with Gasteiger partial charge in [-0.3, -0.25) is 4.57 Å². The summed E-state index contributed by atoms with van der Waals surface area (Å²) < 4.78 is 1.33. The second-order valence-corrected chi connectivity index (χ2v) is 3.59. The van der Waals surface area contributed by atoms with Crippen molar-refractivity contribution in [3.8, 4) is 0 Å². The molecule has 0 bridgehead atoms. The Kier molecular flexibility index (Phi) is 1.95. The number of carboxylic acids is 1. The minimum atomic E-state index is -1.01. The molecule has 15 heavy (non-hydrogen) atoms. The maximum Gasteiger partial charge on any atom is 0.381 e. The third kappa shape index (κ3) is 1.27. The van der Waals surface area contributed by atoms with Crippen molar-refractivity contribution in [1.29, 1.82) is 0 Å². The summed E-state index contributed by atoms with van der Waals surface area (Å²) in [7, 11) is 0. The lowest BCUT2D eigenvalue weighted by Gasteiger charge is -2.37. The van der Waals surface area contributed by atoms with E-state index in [0.29, 0.717) is 12.8 Å². The smallest absolute Gasteiger partial charge is 0.381 e. The number of carbonyl (C=O) groups is 1. The van der Waals surface area contributed by atoms with Crippen LogP contribution in [-0.2, 0) is 10.3 Å². The summed E-state index contributed by atoms with van der Waals surface area (Å²) in [6.07, 6.45) is 4.20. The maximum absolute atomic E-state index is 11.1. The summed E-state index contributed by atoms with van der Waals surface area (Å²) in [6.45, 7) is 0. The zero-order valence-corrected chi connectivity index (χ0v) is 7.79. The van der Waals surface area contributed by atoms with Gasteiger partial charge in [-0.05, 0) is 29.2 Å².